The molecule has 35 heavy (non-hydrogen) atoms. The lowest BCUT2D eigenvalue weighted by Crippen LogP contribution is -2.49. The third kappa shape index (κ3) is 5.40. The minimum absolute atomic E-state index is 0.247. The fraction of sp³-hybridized carbons (Fsp3) is 0.292. The van der Waals surface area contributed by atoms with Crippen molar-refractivity contribution in [3.63, 3.8) is 0 Å². The number of rotatable bonds is 6. The predicted octanol–water partition coefficient (Wildman–Crippen LogP) is 3.80. The first kappa shape index (κ1) is 24.5. The van der Waals surface area contributed by atoms with Gasteiger partial charge in [0.25, 0.3) is 5.91 Å². The van der Waals surface area contributed by atoms with Crippen LogP contribution in [0.1, 0.15) is 21.7 Å². The quantitative estimate of drug-likeness (QED) is 0.549. The Labute approximate surface area is 202 Å². The second-order valence-electron chi connectivity index (χ2n) is 8.23. The fourth-order valence-electron chi connectivity index (χ4n) is 3.86. The third-order valence-corrected chi connectivity index (χ3v) is 7.14. The number of nitrogens with one attached hydrogen (secondary N) is 1. The molecule has 4 rings (SSSR count). The number of anilines is 3. The molecule has 0 spiro atoms. The molecule has 0 saturated carbocycles. The average molecular weight is 502 g/mol. The van der Waals surface area contributed by atoms with E-state index in [0.717, 1.165) is 17.3 Å². The molecule has 0 aliphatic carbocycles. The van der Waals surface area contributed by atoms with Crippen molar-refractivity contribution in [2.24, 2.45) is 0 Å². The largest absolute Gasteiger partial charge is 0.353 e. The Balaban J connectivity index is 1.47. The summed E-state index contributed by atoms with van der Waals surface area (Å²) in [5, 5.41) is 3.27. The minimum Gasteiger partial charge on any atom is -0.353 e. The smallest absolute Gasteiger partial charge is 0.341 e. The van der Waals surface area contributed by atoms with Crippen molar-refractivity contribution >= 4 is 33.1 Å². The Morgan fingerprint density at radius 1 is 0.971 bits per heavy atom. The van der Waals surface area contributed by atoms with E-state index >= 15 is 0 Å². The maximum Gasteiger partial charge on any atom is 0.341 e. The molecule has 1 aromatic heterocycles. The topological polar surface area (TPSA) is 95.5 Å². The molecule has 1 amide bonds. The fourth-order valence-corrected chi connectivity index (χ4v) is 4.78. The second-order valence-corrected chi connectivity index (χ2v) is 10.1. The van der Waals surface area contributed by atoms with Gasteiger partial charge in [-0.3, -0.25) is 4.79 Å². The van der Waals surface area contributed by atoms with Gasteiger partial charge in [0.2, 0.25) is 9.84 Å². The highest BCUT2D eigenvalue weighted by molar-refractivity contribution is 7.91. The highest BCUT2D eigenvalue weighted by Crippen LogP contribution is 2.25. The molecular formula is C24H25F2N5O3S. The number of carbonyl (C=O) groups excluding carboxylic acids is 1. The zero-order valence-electron chi connectivity index (χ0n) is 19.3. The summed E-state index contributed by atoms with van der Waals surface area (Å²) in [5.41, 5.74) is 1.80. The number of hydrogen-bond donors (Lipinski definition) is 1. The molecule has 11 heteroatoms. The van der Waals surface area contributed by atoms with Gasteiger partial charge in [0.05, 0.1) is 10.5 Å². The predicted molar refractivity (Wildman–Crippen MR) is 129 cm³/mol. The molecule has 3 aromatic rings. The van der Waals surface area contributed by atoms with Gasteiger partial charge < -0.3 is 15.1 Å². The Hall–Kier alpha value is -3.60. The van der Waals surface area contributed by atoms with E-state index in [1.54, 1.807) is 6.92 Å². The molecule has 1 aliphatic rings. The van der Waals surface area contributed by atoms with E-state index in [1.165, 1.54) is 23.1 Å². The van der Waals surface area contributed by atoms with Gasteiger partial charge in [0, 0.05) is 37.9 Å². The Kier molecular flexibility index (Phi) is 6.97. The first-order valence-corrected chi connectivity index (χ1v) is 12.5. The van der Waals surface area contributed by atoms with Gasteiger partial charge in [-0.25, -0.2) is 18.4 Å². The van der Waals surface area contributed by atoms with Gasteiger partial charge in [0.15, 0.2) is 0 Å². The molecule has 2 heterocycles. The van der Waals surface area contributed by atoms with Crippen molar-refractivity contribution in [2.45, 2.75) is 24.5 Å². The Morgan fingerprint density at radius 2 is 1.63 bits per heavy atom. The van der Waals surface area contributed by atoms with E-state index in [-0.39, 0.29) is 18.7 Å². The van der Waals surface area contributed by atoms with Crippen LogP contribution in [-0.4, -0.2) is 61.1 Å². The number of nitrogens with zero attached hydrogens (tertiary/aromatic N) is 4. The molecule has 0 radical (unpaired) electrons. The lowest BCUT2D eigenvalue weighted by molar-refractivity contribution is 0.0742. The Bertz CT molecular complexity index is 1330. The minimum atomic E-state index is -4.90. The highest BCUT2D eigenvalue weighted by Gasteiger charge is 2.33. The third-order valence-electron chi connectivity index (χ3n) is 5.70. The van der Waals surface area contributed by atoms with Gasteiger partial charge in [0.1, 0.15) is 17.5 Å². The van der Waals surface area contributed by atoms with E-state index < -0.39 is 26.4 Å². The van der Waals surface area contributed by atoms with Crippen molar-refractivity contribution in [2.75, 3.05) is 36.4 Å². The van der Waals surface area contributed by atoms with Gasteiger partial charge in [-0.1, -0.05) is 29.8 Å². The molecule has 2 aromatic carbocycles. The van der Waals surface area contributed by atoms with Gasteiger partial charge in [-0.2, -0.15) is 8.78 Å². The van der Waals surface area contributed by atoms with Crippen molar-refractivity contribution in [3.8, 4) is 0 Å². The number of aryl methyl sites for hydroxylation is 2. The summed E-state index contributed by atoms with van der Waals surface area (Å²) in [6.07, 6.45) is 0. The summed E-state index contributed by atoms with van der Waals surface area (Å²) >= 11 is 0. The summed E-state index contributed by atoms with van der Waals surface area (Å²) < 4.78 is 50.3. The van der Waals surface area contributed by atoms with E-state index in [4.69, 9.17) is 0 Å². The molecule has 0 atom stereocenters. The van der Waals surface area contributed by atoms with Crippen molar-refractivity contribution in [3.05, 3.63) is 71.5 Å². The summed E-state index contributed by atoms with van der Waals surface area (Å²) in [4.78, 5) is 24.8. The molecule has 1 aliphatic heterocycles. The van der Waals surface area contributed by atoms with Gasteiger partial charge in [-0.15, -0.1) is 0 Å². The molecule has 1 N–H and O–H groups in total. The SMILES string of the molecule is Cc1ccc(Nc2cc(N3CCN(C(=O)c4ccccc4S(=O)(=O)C(F)F)CC3)nc(C)n2)cc1. The van der Waals surface area contributed by atoms with E-state index in [0.29, 0.717) is 30.5 Å². The number of amides is 1. The maximum atomic E-state index is 13.1. The maximum absolute atomic E-state index is 13.1. The Morgan fingerprint density at radius 3 is 2.29 bits per heavy atom. The number of carbonyl (C=O) groups is 1. The van der Waals surface area contributed by atoms with Crippen molar-refractivity contribution < 1.29 is 22.0 Å². The monoisotopic (exact) mass is 501 g/mol. The van der Waals surface area contributed by atoms with Crippen LogP contribution in [0.5, 0.6) is 0 Å². The normalized spacial score (nSPS) is 14.3. The number of sulfone groups is 1. The van der Waals surface area contributed by atoms with E-state index in [1.807, 2.05) is 42.2 Å². The molecule has 0 bridgehead atoms. The van der Waals surface area contributed by atoms with Gasteiger partial charge in [-0.05, 0) is 38.1 Å². The first-order valence-electron chi connectivity index (χ1n) is 11.0. The average Bonchev–Trinajstić information content (AvgIpc) is 2.84. The van der Waals surface area contributed by atoms with Crippen LogP contribution in [-0.2, 0) is 9.84 Å². The van der Waals surface area contributed by atoms with Crippen LogP contribution in [0, 0.1) is 13.8 Å². The van der Waals surface area contributed by atoms with Crippen LogP contribution in [0.25, 0.3) is 0 Å². The highest BCUT2D eigenvalue weighted by atomic mass is 32.2. The van der Waals surface area contributed by atoms with Crippen LogP contribution < -0.4 is 10.2 Å². The lowest BCUT2D eigenvalue weighted by Gasteiger charge is -2.35. The summed E-state index contributed by atoms with van der Waals surface area (Å²) in [5.74, 6) is -2.27. The number of alkyl halides is 2. The standard InChI is InChI=1S/C24H25F2N5O3S/c1-16-7-9-18(10-8-16)29-21-15-22(28-17(2)27-21)30-11-13-31(14-12-30)23(32)19-5-3-4-6-20(19)35(33,34)24(25)26/h3-10,15,24H,11-14H2,1-2H3,(H,27,28,29). The zero-order valence-corrected chi connectivity index (χ0v) is 20.1. The number of aromatic nitrogens is 2. The number of halogens is 2. The molecule has 8 nitrogen and oxygen atoms in total. The van der Waals surface area contributed by atoms with Crippen LogP contribution in [0.15, 0.2) is 59.5 Å². The van der Waals surface area contributed by atoms with Crippen LogP contribution in [0.2, 0.25) is 0 Å². The summed E-state index contributed by atoms with van der Waals surface area (Å²) in [7, 11) is -4.90. The molecule has 0 unspecified atom stereocenters. The van der Waals surface area contributed by atoms with E-state index in [9.17, 15) is 22.0 Å². The molecular weight excluding hydrogens is 476 g/mol. The van der Waals surface area contributed by atoms with Crippen LogP contribution in [0.3, 0.4) is 0 Å². The van der Waals surface area contributed by atoms with Crippen molar-refractivity contribution in [1.29, 1.82) is 0 Å². The summed E-state index contributed by atoms with van der Waals surface area (Å²) in [6, 6.07) is 14.8. The molecule has 184 valence electrons. The number of piperazine rings is 1. The number of benzene rings is 2. The lowest BCUT2D eigenvalue weighted by atomic mass is 10.2. The number of hydrogen-bond acceptors (Lipinski definition) is 7. The first-order chi connectivity index (χ1) is 16.6. The van der Waals surface area contributed by atoms with Gasteiger partial charge >= 0.3 is 5.76 Å². The molecule has 1 saturated heterocycles. The summed E-state index contributed by atoms with van der Waals surface area (Å²) in [6.45, 7) is 5.25. The second kappa shape index (κ2) is 9.95. The zero-order chi connectivity index (χ0) is 25.2. The molecule has 1 fully saturated rings. The van der Waals surface area contributed by atoms with Crippen LogP contribution in [0.4, 0.5) is 26.1 Å². The van der Waals surface area contributed by atoms with Crippen molar-refractivity contribution in [1.82, 2.24) is 14.9 Å². The van der Waals surface area contributed by atoms with E-state index in [2.05, 4.69) is 15.3 Å². The van der Waals surface area contributed by atoms with Crippen LogP contribution >= 0.6 is 0 Å².